The van der Waals surface area contributed by atoms with Crippen LogP contribution in [0.4, 0.5) is 0 Å². The SMILES string of the molecule is CCCC1(CN(CC)C2CCCC2)CCNCC1. The van der Waals surface area contributed by atoms with Gasteiger partial charge in [-0.1, -0.05) is 33.1 Å². The highest BCUT2D eigenvalue weighted by molar-refractivity contribution is 4.89. The smallest absolute Gasteiger partial charge is 0.00953 e. The summed E-state index contributed by atoms with van der Waals surface area (Å²) in [5.74, 6) is 0. The predicted octanol–water partition coefficient (Wildman–Crippen LogP) is 3.42. The average molecular weight is 252 g/mol. The number of nitrogens with one attached hydrogen (secondary N) is 1. The average Bonchev–Trinajstić information content (AvgIpc) is 2.91. The summed E-state index contributed by atoms with van der Waals surface area (Å²) < 4.78 is 0. The van der Waals surface area contributed by atoms with E-state index in [1.807, 2.05) is 0 Å². The minimum atomic E-state index is 0.624. The Morgan fingerprint density at radius 2 is 1.78 bits per heavy atom. The van der Waals surface area contributed by atoms with Gasteiger partial charge >= 0.3 is 0 Å². The van der Waals surface area contributed by atoms with Crippen LogP contribution in [0.15, 0.2) is 0 Å². The van der Waals surface area contributed by atoms with Gasteiger partial charge in [-0.15, -0.1) is 0 Å². The van der Waals surface area contributed by atoms with Gasteiger partial charge in [0.2, 0.25) is 0 Å². The number of hydrogen-bond donors (Lipinski definition) is 1. The third-order valence-corrected chi connectivity index (χ3v) is 5.23. The van der Waals surface area contributed by atoms with Gasteiger partial charge in [0.1, 0.15) is 0 Å². The van der Waals surface area contributed by atoms with E-state index in [0.29, 0.717) is 5.41 Å². The fourth-order valence-corrected chi connectivity index (χ4v) is 4.17. The maximum Gasteiger partial charge on any atom is 0.00953 e. The molecule has 1 saturated carbocycles. The van der Waals surface area contributed by atoms with Crippen LogP contribution in [0.3, 0.4) is 0 Å². The third-order valence-electron chi connectivity index (χ3n) is 5.23. The minimum Gasteiger partial charge on any atom is -0.317 e. The third kappa shape index (κ3) is 3.48. The van der Waals surface area contributed by atoms with Crippen molar-refractivity contribution in [2.45, 2.75) is 71.3 Å². The molecule has 0 spiro atoms. The zero-order valence-corrected chi connectivity index (χ0v) is 12.5. The number of piperidine rings is 1. The van der Waals surface area contributed by atoms with Gasteiger partial charge in [0.15, 0.2) is 0 Å². The van der Waals surface area contributed by atoms with Crippen LogP contribution in [-0.2, 0) is 0 Å². The molecule has 0 aromatic heterocycles. The highest BCUT2D eigenvalue weighted by atomic mass is 15.2. The molecule has 1 heterocycles. The van der Waals surface area contributed by atoms with E-state index in [0.717, 1.165) is 6.04 Å². The normalized spacial score (nSPS) is 24.8. The lowest BCUT2D eigenvalue weighted by molar-refractivity contribution is 0.0776. The van der Waals surface area contributed by atoms with E-state index < -0.39 is 0 Å². The molecule has 1 saturated heterocycles. The molecule has 106 valence electrons. The molecule has 0 aromatic rings. The zero-order valence-electron chi connectivity index (χ0n) is 12.5. The summed E-state index contributed by atoms with van der Waals surface area (Å²) in [6.07, 6.45) is 11.4. The van der Waals surface area contributed by atoms with Crippen molar-refractivity contribution in [1.82, 2.24) is 10.2 Å². The molecule has 0 atom stereocenters. The van der Waals surface area contributed by atoms with Gasteiger partial charge in [-0.3, -0.25) is 0 Å². The Kier molecular flexibility index (Phi) is 5.50. The molecule has 0 amide bonds. The highest BCUT2D eigenvalue weighted by Crippen LogP contribution is 2.36. The summed E-state index contributed by atoms with van der Waals surface area (Å²) in [7, 11) is 0. The van der Waals surface area contributed by atoms with Crippen molar-refractivity contribution in [2.24, 2.45) is 5.41 Å². The van der Waals surface area contributed by atoms with Crippen LogP contribution in [0, 0.1) is 5.41 Å². The van der Waals surface area contributed by atoms with Crippen LogP contribution in [0.5, 0.6) is 0 Å². The predicted molar refractivity (Wildman–Crippen MR) is 78.9 cm³/mol. The van der Waals surface area contributed by atoms with Crippen molar-refractivity contribution in [3.05, 3.63) is 0 Å². The van der Waals surface area contributed by atoms with Gasteiger partial charge in [0.25, 0.3) is 0 Å². The van der Waals surface area contributed by atoms with Gasteiger partial charge in [-0.25, -0.2) is 0 Å². The van der Waals surface area contributed by atoms with E-state index in [9.17, 15) is 0 Å². The second-order valence-electron chi connectivity index (χ2n) is 6.50. The molecule has 2 fully saturated rings. The molecule has 2 aliphatic rings. The summed E-state index contributed by atoms with van der Waals surface area (Å²) in [5, 5.41) is 3.54. The van der Waals surface area contributed by atoms with Crippen LogP contribution in [0.1, 0.15) is 65.2 Å². The molecule has 0 bridgehead atoms. The van der Waals surface area contributed by atoms with Crippen LogP contribution >= 0.6 is 0 Å². The molecule has 18 heavy (non-hydrogen) atoms. The van der Waals surface area contributed by atoms with Crippen LogP contribution in [-0.4, -0.2) is 37.1 Å². The van der Waals surface area contributed by atoms with E-state index in [1.165, 1.54) is 77.5 Å². The first-order valence-electron chi connectivity index (χ1n) is 8.24. The van der Waals surface area contributed by atoms with Crippen molar-refractivity contribution < 1.29 is 0 Å². The van der Waals surface area contributed by atoms with E-state index in [1.54, 1.807) is 0 Å². The first-order chi connectivity index (χ1) is 8.79. The van der Waals surface area contributed by atoms with E-state index >= 15 is 0 Å². The zero-order chi connectivity index (χ0) is 12.8. The van der Waals surface area contributed by atoms with E-state index in [2.05, 4.69) is 24.1 Å². The van der Waals surface area contributed by atoms with Gasteiger partial charge < -0.3 is 10.2 Å². The lowest BCUT2D eigenvalue weighted by atomic mass is 9.74. The highest BCUT2D eigenvalue weighted by Gasteiger charge is 2.34. The first-order valence-corrected chi connectivity index (χ1v) is 8.24. The number of rotatable bonds is 6. The van der Waals surface area contributed by atoms with Crippen LogP contribution in [0.2, 0.25) is 0 Å². The summed E-state index contributed by atoms with van der Waals surface area (Å²) >= 11 is 0. The fourth-order valence-electron chi connectivity index (χ4n) is 4.17. The van der Waals surface area contributed by atoms with Crippen LogP contribution in [0.25, 0.3) is 0 Å². The second kappa shape index (κ2) is 6.91. The molecule has 1 aliphatic heterocycles. The summed E-state index contributed by atoms with van der Waals surface area (Å²) in [4.78, 5) is 2.81. The second-order valence-corrected chi connectivity index (χ2v) is 6.50. The molecule has 2 nitrogen and oxygen atoms in total. The number of hydrogen-bond acceptors (Lipinski definition) is 2. The largest absolute Gasteiger partial charge is 0.317 e. The van der Waals surface area contributed by atoms with Crippen LogP contribution < -0.4 is 5.32 Å². The molecule has 0 radical (unpaired) electrons. The van der Waals surface area contributed by atoms with Crippen molar-refractivity contribution in [1.29, 1.82) is 0 Å². The van der Waals surface area contributed by atoms with E-state index in [4.69, 9.17) is 0 Å². The summed E-state index contributed by atoms with van der Waals surface area (Å²) in [6.45, 7) is 9.81. The van der Waals surface area contributed by atoms with Gasteiger partial charge in [-0.05, 0) is 57.2 Å². The quantitative estimate of drug-likeness (QED) is 0.779. The Hall–Kier alpha value is -0.0800. The monoisotopic (exact) mass is 252 g/mol. The minimum absolute atomic E-state index is 0.624. The van der Waals surface area contributed by atoms with Gasteiger partial charge in [0.05, 0.1) is 0 Å². The molecular weight excluding hydrogens is 220 g/mol. The maximum absolute atomic E-state index is 3.54. The molecule has 2 heteroatoms. The number of nitrogens with zero attached hydrogens (tertiary/aromatic N) is 1. The molecule has 0 aromatic carbocycles. The molecule has 1 aliphatic carbocycles. The lowest BCUT2D eigenvalue weighted by Crippen LogP contribution is -2.47. The standard InChI is InChI=1S/C16H32N2/c1-3-9-16(10-12-17-13-11-16)14-18(4-2)15-7-5-6-8-15/h15,17H,3-14H2,1-2H3. The molecule has 2 rings (SSSR count). The summed E-state index contributed by atoms with van der Waals surface area (Å²) in [6, 6.07) is 0.901. The van der Waals surface area contributed by atoms with Gasteiger partial charge in [0, 0.05) is 12.6 Å². The Labute approximate surface area is 114 Å². The molecule has 1 N–H and O–H groups in total. The van der Waals surface area contributed by atoms with Crippen molar-refractivity contribution in [2.75, 3.05) is 26.2 Å². The Balaban J connectivity index is 1.96. The Morgan fingerprint density at radius 1 is 1.11 bits per heavy atom. The topological polar surface area (TPSA) is 15.3 Å². The van der Waals surface area contributed by atoms with Crippen molar-refractivity contribution in [3.8, 4) is 0 Å². The maximum atomic E-state index is 3.54. The van der Waals surface area contributed by atoms with Crippen molar-refractivity contribution in [3.63, 3.8) is 0 Å². The fraction of sp³-hybridized carbons (Fsp3) is 1.00. The van der Waals surface area contributed by atoms with E-state index in [-0.39, 0.29) is 0 Å². The lowest BCUT2D eigenvalue weighted by Gasteiger charge is -2.43. The Morgan fingerprint density at radius 3 is 2.33 bits per heavy atom. The first kappa shape index (κ1) is 14.3. The summed E-state index contributed by atoms with van der Waals surface area (Å²) in [5.41, 5.74) is 0.624. The van der Waals surface area contributed by atoms with Crippen molar-refractivity contribution >= 4 is 0 Å². The molecule has 0 unspecified atom stereocenters. The molecular formula is C16H32N2. The Bertz CT molecular complexity index is 222. The van der Waals surface area contributed by atoms with Gasteiger partial charge in [-0.2, -0.15) is 0 Å².